The zero-order valence-electron chi connectivity index (χ0n) is 22.8. The lowest BCUT2D eigenvalue weighted by molar-refractivity contribution is 0.747. The lowest BCUT2D eigenvalue weighted by Gasteiger charge is -2.37. The van der Waals surface area contributed by atoms with Crippen molar-refractivity contribution in [3.8, 4) is 0 Å². The standard InChI is InChI=1S/C28H28.3C2H6/c1-7-15-26-20(8-2)18-19-21-16-13-14-17-27(21)28(26)24(11-5)22(9-3)23(10-4)25(28)12-6;3*1-2/h7-17H,2-6,18-19H2,1H3;3*1-2H3/b15-7-;;;. The van der Waals surface area contributed by atoms with Crippen molar-refractivity contribution in [2.24, 2.45) is 0 Å². The first-order chi connectivity index (χ1) is 16.6. The molecule has 1 spiro atoms. The minimum atomic E-state index is -0.486. The molecule has 1 aromatic carbocycles. The van der Waals surface area contributed by atoms with Gasteiger partial charge in [-0.3, -0.25) is 0 Å². The summed E-state index contributed by atoms with van der Waals surface area (Å²) in [5.74, 6) is 0. The predicted molar refractivity (Wildman–Crippen MR) is 157 cm³/mol. The molecular weight excluding hydrogens is 408 g/mol. The molecular formula is C34H46. The summed E-state index contributed by atoms with van der Waals surface area (Å²) in [7, 11) is 0. The Morgan fingerprint density at radius 3 is 1.56 bits per heavy atom. The molecule has 1 aromatic rings. The van der Waals surface area contributed by atoms with E-state index >= 15 is 0 Å². The molecule has 0 heterocycles. The third kappa shape index (κ3) is 5.17. The lowest BCUT2D eigenvalue weighted by atomic mass is 9.64. The van der Waals surface area contributed by atoms with Gasteiger partial charge < -0.3 is 0 Å². The van der Waals surface area contributed by atoms with Gasteiger partial charge in [-0.1, -0.05) is 141 Å². The van der Waals surface area contributed by atoms with Crippen LogP contribution in [0.3, 0.4) is 0 Å². The van der Waals surface area contributed by atoms with Crippen molar-refractivity contribution in [3.63, 3.8) is 0 Å². The van der Waals surface area contributed by atoms with Crippen LogP contribution in [-0.2, 0) is 11.8 Å². The normalized spacial score (nSPS) is 15.6. The maximum absolute atomic E-state index is 4.20. The van der Waals surface area contributed by atoms with Crippen LogP contribution in [-0.4, -0.2) is 0 Å². The second-order valence-electron chi connectivity index (χ2n) is 7.02. The molecule has 0 radical (unpaired) electrons. The van der Waals surface area contributed by atoms with Gasteiger partial charge in [-0.05, 0) is 64.3 Å². The Morgan fingerprint density at radius 2 is 1.15 bits per heavy atom. The minimum absolute atomic E-state index is 0.486. The average molecular weight is 455 g/mol. The van der Waals surface area contributed by atoms with Gasteiger partial charge in [0.15, 0.2) is 0 Å². The van der Waals surface area contributed by atoms with Crippen molar-refractivity contribution in [2.45, 2.75) is 66.7 Å². The second-order valence-corrected chi connectivity index (χ2v) is 7.02. The highest BCUT2D eigenvalue weighted by molar-refractivity contribution is 5.78. The van der Waals surface area contributed by atoms with Crippen molar-refractivity contribution >= 4 is 0 Å². The van der Waals surface area contributed by atoms with Crippen LogP contribution in [0, 0.1) is 0 Å². The first-order valence-corrected chi connectivity index (χ1v) is 12.7. The summed E-state index contributed by atoms with van der Waals surface area (Å²) in [6.07, 6.45) is 16.0. The Hall–Kier alpha value is -3.12. The SMILES string of the molecule is C=CC1=C(/C=C\C)C2(C(C=C)=C(C=C)C(C=C)=C2C=C)c2ccccc2CC1.CC.CC.CC. The van der Waals surface area contributed by atoms with Crippen LogP contribution in [0.5, 0.6) is 0 Å². The Balaban J connectivity index is 0.00000168. The average Bonchev–Trinajstić information content (AvgIpc) is 3.12. The van der Waals surface area contributed by atoms with Gasteiger partial charge in [-0.25, -0.2) is 0 Å². The zero-order valence-corrected chi connectivity index (χ0v) is 22.8. The van der Waals surface area contributed by atoms with Crippen LogP contribution in [0.2, 0.25) is 0 Å². The summed E-state index contributed by atoms with van der Waals surface area (Å²) in [5.41, 5.74) is 9.03. The van der Waals surface area contributed by atoms with Crippen LogP contribution < -0.4 is 0 Å². The molecule has 0 unspecified atom stereocenters. The molecule has 0 saturated carbocycles. The Morgan fingerprint density at radius 1 is 0.647 bits per heavy atom. The first kappa shape index (κ1) is 30.9. The van der Waals surface area contributed by atoms with Gasteiger partial charge in [0.25, 0.3) is 0 Å². The fraction of sp³-hybridized carbons (Fsp3) is 0.294. The van der Waals surface area contributed by atoms with Gasteiger partial charge in [0, 0.05) is 0 Å². The Bertz CT molecular complexity index is 962. The number of benzene rings is 1. The quantitative estimate of drug-likeness (QED) is 0.401. The number of aryl methyl sites for hydroxylation is 1. The third-order valence-corrected chi connectivity index (χ3v) is 5.91. The van der Waals surface area contributed by atoms with E-state index in [4.69, 9.17) is 0 Å². The summed E-state index contributed by atoms with van der Waals surface area (Å²) in [6.45, 7) is 34.8. The fourth-order valence-electron chi connectivity index (χ4n) is 4.89. The molecule has 0 aromatic heterocycles. The molecule has 0 bridgehead atoms. The van der Waals surface area contributed by atoms with Crippen molar-refractivity contribution in [3.05, 3.63) is 144 Å². The number of allylic oxidation sites excluding steroid dienone is 13. The molecule has 0 amide bonds. The van der Waals surface area contributed by atoms with Crippen molar-refractivity contribution < 1.29 is 0 Å². The molecule has 2 aliphatic rings. The summed E-state index contributed by atoms with van der Waals surface area (Å²) in [6, 6.07) is 8.71. The number of hydrogen-bond donors (Lipinski definition) is 0. The van der Waals surface area contributed by atoms with Gasteiger partial charge >= 0.3 is 0 Å². The summed E-state index contributed by atoms with van der Waals surface area (Å²) < 4.78 is 0. The van der Waals surface area contributed by atoms with Crippen LogP contribution >= 0.6 is 0 Å². The smallest absolute Gasteiger partial charge is 0.0718 e. The molecule has 182 valence electrons. The van der Waals surface area contributed by atoms with E-state index in [1.165, 1.54) is 22.3 Å². The van der Waals surface area contributed by atoms with E-state index in [-0.39, 0.29) is 0 Å². The van der Waals surface area contributed by atoms with Gasteiger partial charge in [0.05, 0.1) is 5.41 Å². The molecule has 3 rings (SSSR count). The molecule has 0 atom stereocenters. The van der Waals surface area contributed by atoms with Gasteiger partial charge in [0.1, 0.15) is 0 Å². The van der Waals surface area contributed by atoms with E-state index in [0.29, 0.717) is 0 Å². The predicted octanol–water partition coefficient (Wildman–Crippen LogP) is 10.4. The van der Waals surface area contributed by atoms with Crippen LogP contribution in [0.1, 0.15) is 66.0 Å². The van der Waals surface area contributed by atoms with Crippen LogP contribution in [0.25, 0.3) is 0 Å². The van der Waals surface area contributed by atoms with Crippen molar-refractivity contribution in [2.75, 3.05) is 0 Å². The van der Waals surface area contributed by atoms with E-state index in [2.05, 4.69) is 76.2 Å². The summed E-state index contributed by atoms with van der Waals surface area (Å²) in [4.78, 5) is 0. The minimum Gasteiger partial charge on any atom is -0.0988 e. The molecule has 0 N–H and O–H groups in total. The van der Waals surface area contributed by atoms with Crippen molar-refractivity contribution in [1.29, 1.82) is 0 Å². The Labute approximate surface area is 210 Å². The van der Waals surface area contributed by atoms with E-state index in [0.717, 1.165) is 35.1 Å². The van der Waals surface area contributed by atoms with E-state index in [1.54, 1.807) is 0 Å². The summed E-state index contributed by atoms with van der Waals surface area (Å²) >= 11 is 0. The van der Waals surface area contributed by atoms with E-state index in [9.17, 15) is 0 Å². The van der Waals surface area contributed by atoms with Gasteiger partial charge in [0.2, 0.25) is 0 Å². The molecule has 0 aliphatic heterocycles. The third-order valence-electron chi connectivity index (χ3n) is 5.91. The maximum Gasteiger partial charge on any atom is 0.0718 e. The maximum atomic E-state index is 4.20. The topological polar surface area (TPSA) is 0 Å². The molecule has 0 saturated heterocycles. The van der Waals surface area contributed by atoms with Crippen LogP contribution in [0.4, 0.5) is 0 Å². The fourth-order valence-corrected chi connectivity index (χ4v) is 4.89. The number of rotatable bonds is 6. The number of hydrogen-bond acceptors (Lipinski definition) is 0. The van der Waals surface area contributed by atoms with E-state index in [1.807, 2.05) is 71.9 Å². The first-order valence-electron chi connectivity index (χ1n) is 12.7. The van der Waals surface area contributed by atoms with Crippen molar-refractivity contribution in [1.82, 2.24) is 0 Å². The Kier molecular flexibility index (Phi) is 14.2. The number of fused-ring (bicyclic) bond motifs is 2. The largest absolute Gasteiger partial charge is 0.0988 e. The highest BCUT2D eigenvalue weighted by Gasteiger charge is 2.49. The molecule has 0 nitrogen and oxygen atoms in total. The monoisotopic (exact) mass is 454 g/mol. The lowest BCUT2D eigenvalue weighted by Crippen LogP contribution is -2.31. The van der Waals surface area contributed by atoms with Gasteiger partial charge in [-0.15, -0.1) is 0 Å². The zero-order chi connectivity index (χ0) is 26.3. The summed E-state index contributed by atoms with van der Waals surface area (Å²) in [5, 5.41) is 0. The highest BCUT2D eigenvalue weighted by atomic mass is 14.5. The molecule has 0 fully saturated rings. The molecule has 2 aliphatic carbocycles. The van der Waals surface area contributed by atoms with E-state index < -0.39 is 5.41 Å². The van der Waals surface area contributed by atoms with Crippen LogP contribution in [0.15, 0.2) is 133 Å². The molecule has 0 heteroatoms. The molecule has 34 heavy (non-hydrogen) atoms. The van der Waals surface area contributed by atoms with Gasteiger partial charge in [-0.2, -0.15) is 0 Å². The second kappa shape index (κ2) is 15.7. The highest BCUT2D eigenvalue weighted by Crippen LogP contribution is 2.58.